The van der Waals surface area contributed by atoms with E-state index in [1.54, 1.807) is 0 Å². The monoisotopic (exact) mass is 699 g/mol. The van der Waals surface area contributed by atoms with Crippen LogP contribution in [0.5, 0.6) is 0 Å². The lowest BCUT2D eigenvalue weighted by Gasteiger charge is -2.13. The largest absolute Gasteiger partial charge is 0.309 e. The summed E-state index contributed by atoms with van der Waals surface area (Å²) in [7, 11) is 0. The Morgan fingerprint density at radius 1 is 0.309 bits per heavy atom. The Kier molecular flexibility index (Phi) is 7.17. The maximum Gasteiger partial charge on any atom is 0.160 e. The fourth-order valence-electron chi connectivity index (χ4n) is 8.17. The van der Waals surface area contributed by atoms with Crippen LogP contribution in [0.1, 0.15) is 0 Å². The van der Waals surface area contributed by atoms with Crippen LogP contribution >= 0.6 is 0 Å². The lowest BCUT2D eigenvalue weighted by molar-refractivity contribution is 1.17. The summed E-state index contributed by atoms with van der Waals surface area (Å²) in [5.41, 5.74) is 12.0. The first-order valence-corrected chi connectivity index (χ1v) is 18.7. The summed E-state index contributed by atoms with van der Waals surface area (Å²) in [5, 5.41) is 8.39. The van der Waals surface area contributed by atoms with Gasteiger partial charge in [0.1, 0.15) is 0 Å². The van der Waals surface area contributed by atoms with Crippen molar-refractivity contribution < 1.29 is 0 Å². The molecule has 2 heterocycles. The highest BCUT2D eigenvalue weighted by Gasteiger charge is 2.16. The minimum atomic E-state index is 0.701. The van der Waals surface area contributed by atoms with Gasteiger partial charge in [-0.3, -0.25) is 0 Å². The smallest absolute Gasteiger partial charge is 0.160 e. The Hall–Kier alpha value is -7.36. The molecular weight excluding hydrogens is 667 g/mol. The SMILES string of the molecule is c1ccc(-c2ccc(-c3ccc4c(-c5ccc6ccccc6c5)nc(-c5ccc(-n6c7ccccc7c7cc8ccccc8cc76)cc5)nc4c3)cc2)cc1. The highest BCUT2D eigenvalue weighted by atomic mass is 15.0. The third-order valence-electron chi connectivity index (χ3n) is 11.0. The van der Waals surface area contributed by atoms with Crippen molar-refractivity contribution in [2.45, 2.75) is 0 Å². The van der Waals surface area contributed by atoms with E-state index >= 15 is 0 Å². The van der Waals surface area contributed by atoms with Gasteiger partial charge in [-0.25, -0.2) is 9.97 Å². The van der Waals surface area contributed by atoms with Crippen LogP contribution in [0.2, 0.25) is 0 Å². The van der Waals surface area contributed by atoms with E-state index in [0.29, 0.717) is 5.82 Å². The topological polar surface area (TPSA) is 30.7 Å². The van der Waals surface area contributed by atoms with E-state index in [-0.39, 0.29) is 0 Å². The van der Waals surface area contributed by atoms with Crippen LogP contribution in [0, 0.1) is 0 Å². The average molecular weight is 700 g/mol. The maximum atomic E-state index is 5.30. The number of hydrogen-bond acceptors (Lipinski definition) is 2. The fraction of sp³-hybridized carbons (Fsp3) is 0. The first-order chi connectivity index (χ1) is 27.2. The molecular formula is C52H33N3. The molecule has 0 saturated carbocycles. The van der Waals surface area contributed by atoms with Crippen LogP contribution < -0.4 is 0 Å². The van der Waals surface area contributed by atoms with E-state index in [4.69, 9.17) is 9.97 Å². The van der Waals surface area contributed by atoms with E-state index in [1.165, 1.54) is 54.5 Å². The number of rotatable bonds is 5. The number of fused-ring (bicyclic) bond motifs is 6. The van der Waals surface area contributed by atoms with Gasteiger partial charge in [0.05, 0.1) is 22.2 Å². The van der Waals surface area contributed by atoms with E-state index in [1.807, 2.05) is 0 Å². The van der Waals surface area contributed by atoms with Crippen LogP contribution in [-0.4, -0.2) is 14.5 Å². The van der Waals surface area contributed by atoms with E-state index in [0.717, 1.165) is 44.5 Å². The first-order valence-electron chi connectivity index (χ1n) is 18.7. The summed E-state index contributed by atoms with van der Waals surface area (Å²) in [5.74, 6) is 0.701. The van der Waals surface area contributed by atoms with Crippen molar-refractivity contribution in [1.82, 2.24) is 14.5 Å². The van der Waals surface area contributed by atoms with Gasteiger partial charge >= 0.3 is 0 Å². The molecule has 0 amide bonds. The summed E-state index contributed by atoms with van der Waals surface area (Å²) in [4.78, 5) is 10.6. The molecule has 0 bridgehead atoms. The second kappa shape index (κ2) is 12.6. The molecule has 0 spiro atoms. The molecule has 0 aliphatic carbocycles. The predicted octanol–water partition coefficient (Wildman–Crippen LogP) is 13.7. The lowest BCUT2D eigenvalue weighted by atomic mass is 9.97. The van der Waals surface area contributed by atoms with Crippen LogP contribution in [-0.2, 0) is 0 Å². The molecule has 3 heteroatoms. The molecule has 55 heavy (non-hydrogen) atoms. The average Bonchev–Trinajstić information content (AvgIpc) is 3.58. The van der Waals surface area contributed by atoms with Crippen molar-refractivity contribution >= 4 is 54.3 Å². The molecule has 0 radical (unpaired) electrons. The third kappa shape index (κ3) is 5.36. The molecule has 0 fully saturated rings. The Balaban J connectivity index is 1.05. The number of benzene rings is 9. The molecule has 11 rings (SSSR count). The second-order valence-electron chi connectivity index (χ2n) is 14.2. The Morgan fingerprint density at radius 3 is 1.67 bits per heavy atom. The van der Waals surface area contributed by atoms with Crippen molar-refractivity contribution in [2.24, 2.45) is 0 Å². The zero-order valence-corrected chi connectivity index (χ0v) is 29.9. The normalized spacial score (nSPS) is 11.6. The Labute approximate surface area is 318 Å². The van der Waals surface area contributed by atoms with Gasteiger partial charge in [-0.15, -0.1) is 0 Å². The summed E-state index contributed by atoms with van der Waals surface area (Å²) < 4.78 is 2.37. The summed E-state index contributed by atoms with van der Waals surface area (Å²) in [6, 6.07) is 71.6. The van der Waals surface area contributed by atoms with Gasteiger partial charge < -0.3 is 4.57 Å². The predicted molar refractivity (Wildman–Crippen MR) is 231 cm³/mol. The van der Waals surface area contributed by atoms with Crippen LogP contribution in [0.15, 0.2) is 200 Å². The van der Waals surface area contributed by atoms with Gasteiger partial charge in [0.2, 0.25) is 0 Å². The van der Waals surface area contributed by atoms with Crippen LogP contribution in [0.4, 0.5) is 0 Å². The summed E-state index contributed by atoms with van der Waals surface area (Å²) >= 11 is 0. The molecule has 3 nitrogen and oxygen atoms in total. The number of para-hydroxylation sites is 1. The minimum Gasteiger partial charge on any atom is -0.309 e. The second-order valence-corrected chi connectivity index (χ2v) is 14.2. The molecule has 0 saturated heterocycles. The number of nitrogens with zero attached hydrogens (tertiary/aromatic N) is 3. The standard InChI is InChI=1S/C52H33N3/c1-2-10-34(11-3-1)36-18-20-37(21-19-36)42-26-29-46-48(32-42)53-52(54-51(46)43-23-22-35-12-4-5-13-39(35)30-43)38-24-27-44(28-25-38)55-49-17-9-8-16-45(49)47-31-40-14-6-7-15-41(40)33-50(47)55/h1-33H. The fourth-order valence-corrected chi connectivity index (χ4v) is 8.17. The third-order valence-corrected chi connectivity index (χ3v) is 11.0. The molecule has 0 aliphatic rings. The molecule has 0 aliphatic heterocycles. The van der Waals surface area contributed by atoms with Gasteiger partial charge in [0, 0.05) is 33.0 Å². The van der Waals surface area contributed by atoms with Gasteiger partial charge in [0.25, 0.3) is 0 Å². The van der Waals surface area contributed by atoms with Gasteiger partial charge in [-0.2, -0.15) is 0 Å². The first kappa shape index (κ1) is 31.2. The molecule has 256 valence electrons. The Morgan fingerprint density at radius 2 is 0.891 bits per heavy atom. The van der Waals surface area contributed by atoms with Crippen LogP contribution in [0.3, 0.4) is 0 Å². The zero-order valence-electron chi connectivity index (χ0n) is 29.9. The quantitative estimate of drug-likeness (QED) is 0.179. The van der Waals surface area contributed by atoms with Crippen molar-refractivity contribution in [1.29, 1.82) is 0 Å². The van der Waals surface area contributed by atoms with Crippen molar-refractivity contribution in [3.05, 3.63) is 200 Å². The van der Waals surface area contributed by atoms with E-state index in [9.17, 15) is 0 Å². The number of aromatic nitrogens is 3. The highest BCUT2D eigenvalue weighted by Crippen LogP contribution is 2.37. The van der Waals surface area contributed by atoms with Gasteiger partial charge in [-0.05, 0) is 104 Å². The van der Waals surface area contributed by atoms with Crippen LogP contribution in [0.25, 0.3) is 105 Å². The summed E-state index contributed by atoms with van der Waals surface area (Å²) in [6.07, 6.45) is 0. The maximum absolute atomic E-state index is 5.30. The van der Waals surface area contributed by atoms with E-state index in [2.05, 4.69) is 205 Å². The van der Waals surface area contributed by atoms with Gasteiger partial charge in [-0.1, -0.05) is 140 Å². The molecule has 2 aromatic heterocycles. The van der Waals surface area contributed by atoms with Crippen molar-refractivity contribution in [3.63, 3.8) is 0 Å². The zero-order chi connectivity index (χ0) is 36.3. The van der Waals surface area contributed by atoms with Crippen molar-refractivity contribution in [2.75, 3.05) is 0 Å². The molecule has 0 N–H and O–H groups in total. The molecule has 0 unspecified atom stereocenters. The Bertz CT molecular complexity index is 3230. The van der Waals surface area contributed by atoms with Crippen molar-refractivity contribution in [3.8, 4) is 50.6 Å². The molecule has 0 atom stereocenters. The number of hydrogen-bond donors (Lipinski definition) is 0. The lowest BCUT2D eigenvalue weighted by Crippen LogP contribution is -1.97. The van der Waals surface area contributed by atoms with E-state index < -0.39 is 0 Å². The minimum absolute atomic E-state index is 0.701. The molecule has 9 aromatic carbocycles. The van der Waals surface area contributed by atoms with Gasteiger partial charge in [0.15, 0.2) is 5.82 Å². The summed E-state index contributed by atoms with van der Waals surface area (Å²) in [6.45, 7) is 0. The highest BCUT2D eigenvalue weighted by molar-refractivity contribution is 6.13. The molecule has 11 aromatic rings.